The quantitative estimate of drug-likeness (QED) is 0.910. The summed E-state index contributed by atoms with van der Waals surface area (Å²) in [5, 5.41) is 9.68. The summed E-state index contributed by atoms with van der Waals surface area (Å²) in [5.74, 6) is 0. The number of rotatable bonds is 2. The Kier molecular flexibility index (Phi) is 2.60. The fourth-order valence-electron chi connectivity index (χ4n) is 1.42. The lowest BCUT2D eigenvalue weighted by Crippen LogP contribution is -2.04. The maximum absolute atomic E-state index is 9.68. The van der Waals surface area contributed by atoms with E-state index in [1.54, 1.807) is 10.8 Å². The van der Waals surface area contributed by atoms with E-state index in [9.17, 15) is 5.11 Å². The van der Waals surface area contributed by atoms with Crippen molar-refractivity contribution in [3.05, 3.63) is 10.8 Å². The Morgan fingerprint density at radius 3 is 2.93 bits per heavy atom. The molecule has 0 aliphatic rings. The molecule has 0 spiro atoms. The molecule has 0 bridgehead atoms. The second-order valence-electron chi connectivity index (χ2n) is 3.38. The van der Waals surface area contributed by atoms with E-state index >= 15 is 0 Å². The van der Waals surface area contributed by atoms with Gasteiger partial charge in [-0.1, -0.05) is 6.92 Å². The number of halogens is 1. The van der Waals surface area contributed by atoms with Crippen LogP contribution in [0.5, 0.6) is 6.01 Å². The van der Waals surface area contributed by atoms with Crippen LogP contribution in [-0.2, 0) is 0 Å². The third kappa shape index (κ3) is 1.69. The van der Waals surface area contributed by atoms with E-state index in [4.69, 9.17) is 0 Å². The molecule has 0 unspecified atom stereocenters. The van der Waals surface area contributed by atoms with Crippen molar-refractivity contribution >= 4 is 27.2 Å². The SMILES string of the molecule is CC[C@H](C)n1c(O)nc2ncc(Br)nc21. The molecule has 0 aliphatic carbocycles. The van der Waals surface area contributed by atoms with Crippen LogP contribution in [0.1, 0.15) is 26.3 Å². The van der Waals surface area contributed by atoms with Crippen LogP contribution >= 0.6 is 15.9 Å². The lowest BCUT2D eigenvalue weighted by molar-refractivity contribution is 0.376. The van der Waals surface area contributed by atoms with Crippen molar-refractivity contribution in [1.82, 2.24) is 19.5 Å². The van der Waals surface area contributed by atoms with Crippen molar-refractivity contribution in [2.45, 2.75) is 26.3 Å². The smallest absolute Gasteiger partial charge is 0.297 e. The molecule has 5 nitrogen and oxygen atoms in total. The first-order chi connectivity index (χ1) is 7.13. The van der Waals surface area contributed by atoms with Gasteiger partial charge in [0.1, 0.15) is 4.60 Å². The minimum absolute atomic E-state index is 0.0301. The fourth-order valence-corrected chi connectivity index (χ4v) is 1.69. The second-order valence-corrected chi connectivity index (χ2v) is 4.19. The highest BCUT2D eigenvalue weighted by molar-refractivity contribution is 9.10. The lowest BCUT2D eigenvalue weighted by Gasteiger charge is -2.11. The molecule has 0 aliphatic heterocycles. The Morgan fingerprint density at radius 2 is 2.27 bits per heavy atom. The highest BCUT2D eigenvalue weighted by atomic mass is 79.9. The monoisotopic (exact) mass is 270 g/mol. The average Bonchev–Trinajstić information content (AvgIpc) is 2.52. The van der Waals surface area contributed by atoms with Crippen LogP contribution in [0.3, 0.4) is 0 Å². The summed E-state index contributed by atoms with van der Waals surface area (Å²) in [7, 11) is 0. The lowest BCUT2D eigenvalue weighted by atomic mass is 10.2. The molecule has 2 heterocycles. The van der Waals surface area contributed by atoms with Gasteiger partial charge in [-0.05, 0) is 29.3 Å². The Hall–Kier alpha value is -1.17. The van der Waals surface area contributed by atoms with Gasteiger partial charge in [-0.15, -0.1) is 0 Å². The average molecular weight is 271 g/mol. The molecular formula is C9H11BrN4O. The van der Waals surface area contributed by atoms with Gasteiger partial charge in [-0.3, -0.25) is 4.57 Å². The van der Waals surface area contributed by atoms with Crippen molar-refractivity contribution in [2.24, 2.45) is 0 Å². The summed E-state index contributed by atoms with van der Waals surface area (Å²) in [6, 6.07) is 0.121. The summed E-state index contributed by atoms with van der Waals surface area (Å²) in [5.41, 5.74) is 1.08. The number of aromatic hydroxyl groups is 1. The van der Waals surface area contributed by atoms with E-state index in [2.05, 4.69) is 30.9 Å². The standard InChI is InChI=1S/C9H11BrN4O/c1-3-5(2)14-8-7(13-9(14)15)11-4-6(10)12-8/h4-5H,3H2,1-2H3,(H,11,13,15)/t5-/m0/s1. The van der Waals surface area contributed by atoms with Crippen molar-refractivity contribution in [1.29, 1.82) is 0 Å². The summed E-state index contributed by atoms with van der Waals surface area (Å²) >= 11 is 3.25. The number of fused-ring (bicyclic) bond motifs is 1. The molecule has 0 fully saturated rings. The minimum Gasteiger partial charge on any atom is -0.480 e. The molecule has 0 aromatic carbocycles. The van der Waals surface area contributed by atoms with E-state index in [-0.39, 0.29) is 12.1 Å². The van der Waals surface area contributed by atoms with E-state index in [0.29, 0.717) is 15.9 Å². The van der Waals surface area contributed by atoms with Crippen LogP contribution in [-0.4, -0.2) is 24.6 Å². The fraction of sp³-hybridized carbons (Fsp3) is 0.444. The third-order valence-electron chi connectivity index (χ3n) is 2.39. The molecule has 80 valence electrons. The Bertz CT molecular complexity index is 496. The number of nitrogens with zero attached hydrogens (tertiary/aromatic N) is 4. The van der Waals surface area contributed by atoms with E-state index in [1.807, 2.05) is 13.8 Å². The van der Waals surface area contributed by atoms with Crippen LogP contribution < -0.4 is 0 Å². The second kappa shape index (κ2) is 3.77. The van der Waals surface area contributed by atoms with Gasteiger partial charge in [0.15, 0.2) is 5.65 Å². The molecule has 15 heavy (non-hydrogen) atoms. The van der Waals surface area contributed by atoms with Gasteiger partial charge < -0.3 is 5.11 Å². The van der Waals surface area contributed by atoms with Gasteiger partial charge in [-0.2, -0.15) is 4.98 Å². The zero-order valence-electron chi connectivity index (χ0n) is 8.48. The molecule has 0 amide bonds. The van der Waals surface area contributed by atoms with Gasteiger partial charge in [0.25, 0.3) is 6.01 Å². The minimum atomic E-state index is -0.0301. The van der Waals surface area contributed by atoms with Crippen molar-refractivity contribution in [3.63, 3.8) is 0 Å². The van der Waals surface area contributed by atoms with Gasteiger partial charge >= 0.3 is 0 Å². The highest BCUT2D eigenvalue weighted by Gasteiger charge is 2.16. The van der Waals surface area contributed by atoms with Crippen LogP contribution in [0.15, 0.2) is 10.8 Å². The molecule has 2 aromatic heterocycles. The summed E-state index contributed by atoms with van der Waals surface area (Å²) in [6.07, 6.45) is 2.46. The van der Waals surface area contributed by atoms with Crippen LogP contribution in [0, 0.1) is 0 Å². The van der Waals surface area contributed by atoms with Gasteiger partial charge in [0.05, 0.1) is 6.20 Å². The highest BCUT2D eigenvalue weighted by Crippen LogP contribution is 2.24. The Balaban J connectivity index is 2.70. The van der Waals surface area contributed by atoms with Crippen molar-refractivity contribution in [2.75, 3.05) is 0 Å². The zero-order chi connectivity index (χ0) is 11.0. The summed E-state index contributed by atoms with van der Waals surface area (Å²) in [4.78, 5) is 12.3. The molecule has 2 rings (SSSR count). The molecule has 1 N–H and O–H groups in total. The van der Waals surface area contributed by atoms with E-state index in [0.717, 1.165) is 6.42 Å². The third-order valence-corrected chi connectivity index (χ3v) is 2.77. The van der Waals surface area contributed by atoms with Gasteiger partial charge in [-0.25, -0.2) is 9.97 Å². The predicted octanol–water partition coefficient (Wildman–Crippen LogP) is 2.27. The molecule has 2 aromatic rings. The molecular weight excluding hydrogens is 260 g/mol. The van der Waals surface area contributed by atoms with E-state index < -0.39 is 0 Å². The predicted molar refractivity (Wildman–Crippen MR) is 59.7 cm³/mol. The summed E-state index contributed by atoms with van der Waals surface area (Å²) < 4.78 is 2.33. The number of hydrogen-bond donors (Lipinski definition) is 1. The van der Waals surface area contributed by atoms with Crippen LogP contribution in [0.4, 0.5) is 0 Å². The van der Waals surface area contributed by atoms with Crippen LogP contribution in [0.2, 0.25) is 0 Å². The Morgan fingerprint density at radius 1 is 1.53 bits per heavy atom. The Labute approximate surface area is 95.3 Å². The van der Waals surface area contributed by atoms with E-state index in [1.165, 1.54) is 0 Å². The zero-order valence-corrected chi connectivity index (χ0v) is 10.1. The number of aromatic nitrogens is 4. The van der Waals surface area contributed by atoms with Gasteiger partial charge in [0, 0.05) is 6.04 Å². The summed E-state index contributed by atoms with van der Waals surface area (Å²) in [6.45, 7) is 4.05. The largest absolute Gasteiger partial charge is 0.480 e. The first kappa shape index (κ1) is 10.4. The molecule has 6 heteroatoms. The molecule has 1 atom stereocenters. The molecule has 0 saturated heterocycles. The topological polar surface area (TPSA) is 63.8 Å². The first-order valence-electron chi connectivity index (χ1n) is 4.73. The van der Waals surface area contributed by atoms with Gasteiger partial charge in [0.2, 0.25) is 5.65 Å². The first-order valence-corrected chi connectivity index (χ1v) is 5.52. The normalized spacial score (nSPS) is 13.3. The van der Waals surface area contributed by atoms with Crippen molar-refractivity contribution < 1.29 is 5.11 Å². The molecule has 0 saturated carbocycles. The maximum Gasteiger partial charge on any atom is 0.297 e. The maximum atomic E-state index is 9.68. The number of imidazole rings is 1. The van der Waals surface area contributed by atoms with Crippen molar-refractivity contribution in [3.8, 4) is 6.01 Å². The molecule has 0 radical (unpaired) electrons. The number of hydrogen-bond acceptors (Lipinski definition) is 4. The van der Waals surface area contributed by atoms with Crippen LogP contribution in [0.25, 0.3) is 11.3 Å².